The van der Waals surface area contributed by atoms with Gasteiger partial charge in [-0.3, -0.25) is 0 Å². The SMILES string of the molecule is CCCCCCCCCCc1ccc(C(=O)OP(=O)(O)c2ccccc2)cc1. The van der Waals surface area contributed by atoms with Crippen molar-refractivity contribution in [3.8, 4) is 0 Å². The number of hydrogen-bond donors (Lipinski definition) is 1. The van der Waals surface area contributed by atoms with E-state index in [0.717, 1.165) is 18.4 Å². The average Bonchev–Trinajstić information content (AvgIpc) is 2.71. The number of hydrogen-bond acceptors (Lipinski definition) is 3. The minimum atomic E-state index is -4.16. The molecule has 0 aliphatic carbocycles. The van der Waals surface area contributed by atoms with Crippen LogP contribution in [0.3, 0.4) is 0 Å². The molecule has 2 aromatic rings. The van der Waals surface area contributed by atoms with Crippen LogP contribution in [-0.4, -0.2) is 10.9 Å². The van der Waals surface area contributed by atoms with Crippen LogP contribution in [0.15, 0.2) is 54.6 Å². The second-order valence-corrected chi connectivity index (χ2v) is 8.90. The van der Waals surface area contributed by atoms with Gasteiger partial charge in [0.25, 0.3) is 0 Å². The lowest BCUT2D eigenvalue weighted by Gasteiger charge is -2.12. The van der Waals surface area contributed by atoms with Crippen molar-refractivity contribution in [3.05, 3.63) is 65.7 Å². The Morgan fingerprint density at radius 3 is 2.04 bits per heavy atom. The highest BCUT2D eigenvalue weighted by Crippen LogP contribution is 2.41. The molecule has 2 rings (SSSR count). The van der Waals surface area contributed by atoms with Crippen LogP contribution in [0.4, 0.5) is 0 Å². The zero-order valence-electron chi connectivity index (χ0n) is 16.7. The minimum absolute atomic E-state index is 0.106. The molecule has 0 saturated carbocycles. The van der Waals surface area contributed by atoms with E-state index in [-0.39, 0.29) is 10.9 Å². The first-order valence-corrected chi connectivity index (χ1v) is 11.8. The molecule has 0 spiro atoms. The number of carbonyl (C=O) groups excluding carboxylic acids is 1. The zero-order chi connectivity index (χ0) is 20.2. The molecule has 0 aromatic heterocycles. The summed E-state index contributed by atoms with van der Waals surface area (Å²) in [5.41, 5.74) is 1.45. The maximum atomic E-state index is 12.3. The van der Waals surface area contributed by atoms with Crippen molar-refractivity contribution in [2.45, 2.75) is 64.7 Å². The molecule has 0 saturated heterocycles. The number of aryl methyl sites for hydroxylation is 1. The molecule has 5 heteroatoms. The Labute approximate surface area is 168 Å². The molecule has 2 aromatic carbocycles. The van der Waals surface area contributed by atoms with Crippen LogP contribution in [-0.2, 0) is 15.5 Å². The van der Waals surface area contributed by atoms with E-state index in [0.29, 0.717) is 0 Å². The molecule has 0 radical (unpaired) electrons. The standard InChI is InChI=1S/C23H31O4P/c1-2-3-4-5-6-7-8-10-13-20-16-18-21(19-17-20)23(24)27-28(25,26)22-14-11-9-12-15-22/h9,11-12,14-19H,2-8,10,13H2,1H3,(H,25,26). The maximum absolute atomic E-state index is 12.3. The quantitative estimate of drug-likeness (QED) is 0.347. The van der Waals surface area contributed by atoms with Crippen molar-refractivity contribution >= 4 is 18.9 Å². The van der Waals surface area contributed by atoms with E-state index in [1.807, 2.05) is 12.1 Å². The molecular weight excluding hydrogens is 371 g/mol. The molecule has 0 heterocycles. The van der Waals surface area contributed by atoms with E-state index in [9.17, 15) is 14.3 Å². The summed E-state index contributed by atoms with van der Waals surface area (Å²) in [6.07, 6.45) is 11.2. The molecule has 4 nitrogen and oxygen atoms in total. The second-order valence-electron chi connectivity index (χ2n) is 7.16. The Balaban J connectivity index is 1.76. The van der Waals surface area contributed by atoms with Gasteiger partial charge in [0.1, 0.15) is 0 Å². The van der Waals surface area contributed by atoms with Gasteiger partial charge in [-0.1, -0.05) is 82.2 Å². The molecule has 0 aliphatic rings. The van der Waals surface area contributed by atoms with Crippen LogP contribution in [0, 0.1) is 0 Å². The number of unbranched alkanes of at least 4 members (excludes halogenated alkanes) is 7. The number of rotatable bonds is 12. The van der Waals surface area contributed by atoms with Crippen molar-refractivity contribution in [1.82, 2.24) is 0 Å². The monoisotopic (exact) mass is 402 g/mol. The van der Waals surface area contributed by atoms with Gasteiger partial charge in [-0.05, 0) is 42.7 Å². The third kappa shape index (κ3) is 7.61. The fourth-order valence-corrected chi connectivity index (χ4v) is 4.09. The van der Waals surface area contributed by atoms with Crippen LogP contribution in [0.5, 0.6) is 0 Å². The highest BCUT2D eigenvalue weighted by Gasteiger charge is 2.27. The van der Waals surface area contributed by atoms with E-state index in [2.05, 4.69) is 6.92 Å². The largest absolute Gasteiger partial charge is 0.410 e. The third-order valence-electron chi connectivity index (χ3n) is 4.80. The number of benzene rings is 2. The van der Waals surface area contributed by atoms with Crippen LogP contribution in [0.25, 0.3) is 0 Å². The first-order chi connectivity index (χ1) is 13.5. The maximum Gasteiger partial charge on any atom is 0.410 e. The van der Waals surface area contributed by atoms with Gasteiger partial charge in [0.15, 0.2) is 0 Å². The predicted molar refractivity (Wildman–Crippen MR) is 114 cm³/mol. The van der Waals surface area contributed by atoms with Crippen molar-refractivity contribution in [3.63, 3.8) is 0 Å². The number of carbonyl (C=O) groups is 1. The Kier molecular flexibility index (Phi) is 9.46. The molecule has 1 atom stereocenters. The van der Waals surface area contributed by atoms with Crippen LogP contribution in [0.2, 0.25) is 0 Å². The lowest BCUT2D eigenvalue weighted by molar-refractivity contribution is 0.0723. The molecule has 152 valence electrons. The molecule has 0 fully saturated rings. The fraction of sp³-hybridized carbons (Fsp3) is 0.435. The molecule has 0 amide bonds. The molecule has 28 heavy (non-hydrogen) atoms. The van der Waals surface area contributed by atoms with E-state index in [1.54, 1.807) is 30.3 Å². The average molecular weight is 402 g/mol. The van der Waals surface area contributed by atoms with Gasteiger partial charge in [-0.2, -0.15) is 0 Å². The van der Waals surface area contributed by atoms with Crippen molar-refractivity contribution in [2.24, 2.45) is 0 Å². The molecule has 0 aliphatic heterocycles. The fourth-order valence-electron chi connectivity index (χ4n) is 3.10. The van der Waals surface area contributed by atoms with Crippen molar-refractivity contribution in [2.75, 3.05) is 0 Å². The summed E-state index contributed by atoms with van der Waals surface area (Å²) in [4.78, 5) is 22.2. The first kappa shape index (κ1) is 22.4. The van der Waals surface area contributed by atoms with E-state index in [1.165, 1.54) is 57.1 Å². The first-order valence-electron chi connectivity index (χ1n) is 10.2. The lowest BCUT2D eigenvalue weighted by atomic mass is 10.0. The van der Waals surface area contributed by atoms with Gasteiger partial charge in [-0.15, -0.1) is 0 Å². The Hall–Kier alpha value is -1.90. The highest BCUT2D eigenvalue weighted by atomic mass is 31.2. The van der Waals surface area contributed by atoms with Crippen molar-refractivity contribution in [1.29, 1.82) is 0 Å². The van der Waals surface area contributed by atoms with E-state index in [4.69, 9.17) is 4.52 Å². The topological polar surface area (TPSA) is 63.6 Å². The highest BCUT2D eigenvalue weighted by molar-refractivity contribution is 7.61. The summed E-state index contributed by atoms with van der Waals surface area (Å²) in [6.45, 7) is 2.23. The normalized spacial score (nSPS) is 13.1. The van der Waals surface area contributed by atoms with E-state index < -0.39 is 13.6 Å². The lowest BCUT2D eigenvalue weighted by Crippen LogP contribution is -2.11. The van der Waals surface area contributed by atoms with Gasteiger partial charge in [0, 0.05) is 0 Å². The van der Waals surface area contributed by atoms with Crippen molar-refractivity contribution < 1.29 is 18.8 Å². The molecule has 0 bridgehead atoms. The smallest absolute Gasteiger partial charge is 0.385 e. The molecular formula is C23H31O4P. The minimum Gasteiger partial charge on any atom is -0.385 e. The summed E-state index contributed by atoms with van der Waals surface area (Å²) in [5, 5.41) is 0.106. The summed E-state index contributed by atoms with van der Waals surface area (Å²) in [6, 6.07) is 15.0. The Bertz CT molecular complexity index is 756. The van der Waals surface area contributed by atoms with Gasteiger partial charge < -0.3 is 9.42 Å². The summed E-state index contributed by atoms with van der Waals surface area (Å²) in [7, 11) is -4.16. The summed E-state index contributed by atoms with van der Waals surface area (Å²) < 4.78 is 17.1. The van der Waals surface area contributed by atoms with Crippen LogP contribution >= 0.6 is 7.60 Å². The van der Waals surface area contributed by atoms with Gasteiger partial charge in [0.05, 0.1) is 10.9 Å². The predicted octanol–water partition coefficient (Wildman–Crippen LogP) is 6.04. The van der Waals surface area contributed by atoms with Crippen LogP contribution < -0.4 is 5.30 Å². The second kappa shape index (κ2) is 11.8. The molecule has 1 N–H and O–H groups in total. The summed E-state index contributed by atoms with van der Waals surface area (Å²) >= 11 is 0. The molecule has 1 unspecified atom stereocenters. The Morgan fingerprint density at radius 1 is 0.857 bits per heavy atom. The summed E-state index contributed by atoms with van der Waals surface area (Å²) in [5.74, 6) is -0.784. The third-order valence-corrected chi connectivity index (χ3v) is 6.16. The van der Waals surface area contributed by atoms with Gasteiger partial charge >= 0.3 is 13.6 Å². The zero-order valence-corrected chi connectivity index (χ0v) is 17.6. The Morgan fingerprint density at radius 2 is 1.43 bits per heavy atom. The van der Waals surface area contributed by atoms with E-state index >= 15 is 0 Å². The van der Waals surface area contributed by atoms with Crippen LogP contribution in [0.1, 0.15) is 74.2 Å². The van der Waals surface area contributed by atoms with Gasteiger partial charge in [0.2, 0.25) is 0 Å². The van der Waals surface area contributed by atoms with Gasteiger partial charge in [-0.25, -0.2) is 9.36 Å².